The Balaban J connectivity index is -0.000000178. The summed E-state index contributed by atoms with van der Waals surface area (Å²) in [5.74, 6) is 0. The summed E-state index contributed by atoms with van der Waals surface area (Å²) in [6.07, 6.45) is -40.0. The molecule has 0 aromatic rings. The fraction of sp³-hybridized carbons (Fsp3) is 0.792. The Bertz CT molecular complexity index is 4120. The maximum atomic E-state index is 11.6. The molecular weight excluding hydrogens is 2280 g/mol. The number of carbonyl (C=O) groups excluding carboxylic acids is 8. The van der Waals surface area contributed by atoms with Crippen molar-refractivity contribution in [2.45, 2.75) is 222 Å². The summed E-state index contributed by atoms with van der Waals surface area (Å²) in [6.45, 7) is 0.911. The van der Waals surface area contributed by atoms with Crippen molar-refractivity contribution in [1.29, 1.82) is 0 Å². The van der Waals surface area contributed by atoms with Crippen LogP contribution >= 0.6 is 0 Å². The van der Waals surface area contributed by atoms with Crippen molar-refractivity contribution in [3.63, 3.8) is 0 Å². The Kier molecular flexibility index (Phi) is 130. The zero-order valence-corrected chi connectivity index (χ0v) is 107. The van der Waals surface area contributed by atoms with Crippen molar-refractivity contribution in [3.05, 3.63) is 68.6 Å². The number of nitrogens with one attached hydrogen (secondary N) is 4. The van der Waals surface area contributed by atoms with E-state index < -0.39 is 313 Å². The van der Waals surface area contributed by atoms with Crippen molar-refractivity contribution in [2.75, 3.05) is 39.6 Å². The molecule has 0 aliphatic carbocycles. The van der Waals surface area contributed by atoms with E-state index in [4.69, 9.17) is 246 Å². The van der Waals surface area contributed by atoms with Gasteiger partial charge >= 0.3 is 422 Å². The SMILES string of the molecule is O=C=O.O=C=O.O=C=O.O=C=O.O=S(=O)([O-])O.O=S(=O)([O-])O.O=S(=O)([O-])O.O=S(=O)=O.O=S(=O)=O.O=S(=O)=O.O=S(=O)=O.[NH-]C1[C@@H](O[C@@H]2[CH-]O[C@@H](O[C@@H]3C(CO)O[C@H](O[C@@H]4[CH-]O[C@@H](O[C@@H]5C(CO)O[C@H](O[C@@H]6[CH-]O[C@@H](O[C@@H]7C(CO)O[C@H](O[C@@H]8[CH-]O[C@@H](OCCCCCN)C(OS(=O)(=O)[O-])[C@H]8O)C([NH-])[C@H]7O)[CH-][C@@H]6O)C([NH-])[C@H]5O)[CH-][C@H]4O)C([NH-])[C@H]3O)[CH-][C@@H]2O)OC(CO)[C@@H](O)[C@@H]1O.[Na+].[Na+].[Na+].[Na+].[Na+].[Na+].[Na+].[Na+].[Na+].[Na+].[Na+].[Na+]. The fourth-order valence-electron chi connectivity index (χ4n) is 10.3. The molecule has 0 spiro atoms. The van der Waals surface area contributed by atoms with Crippen molar-refractivity contribution in [3.8, 4) is 0 Å². The minimum absolute atomic E-state index is 0. The van der Waals surface area contributed by atoms with Gasteiger partial charge in [-0.05, 0) is 50.2 Å². The molecule has 8 fully saturated rings. The number of aliphatic hydroxyl groups excluding tert-OH is 13. The van der Waals surface area contributed by atoms with Crippen LogP contribution in [0.2, 0.25) is 0 Å². The second-order valence-corrected chi connectivity index (χ2v) is 29.1. The normalized spacial score (nSPS) is 31.8. The van der Waals surface area contributed by atoms with E-state index in [-0.39, 0.29) is 386 Å². The summed E-state index contributed by atoms with van der Waals surface area (Å²) in [5.41, 5.74) is 39.6. The molecule has 22 N–H and O–H groups in total. The zero-order chi connectivity index (χ0) is 103. The van der Waals surface area contributed by atoms with Crippen LogP contribution in [0.4, 0.5) is 0 Å². The standard InChI is InChI=1S/C49H78N5O33S.4CO2.12Na.3H2O4S.4O3S/c50-4-2-1-3-5-71-49-44(87-88(68,69)70)36(63)27(16-75-49)83-48-34(54)40(67)43(23(12-58)79-48)86-30-8-19(61)26(15-74-30)82-47-33(53)39(66)42(22(11-57)78-47)85-29-7-18(60)25(14-73-29)81-46-32(52)38(65)41(21(10-56)77-46)84-28-6-17(59)24(13-72-28)80-45-31(51)37(64)35(62)20(9-55)76-45;4*2-1-3;;;;;;;;;;;;;3*1-5(2,3)4;4*1-4(2)3/h6-8,13-49,51-67H,1-5,9-12,50H2,(H,68,69,70);;;;;;;;;;;;;;;;;3*(H2,1,2,3,4);;;;/q-11;;;;;12*+1;;;;;;;/p-4/t17-,18+,19-,20?,21?,22?,23?,24+,25+,26+,27+,28-,29-,30-,31?,32?,33?,34?,35+,36-,37+,38+,39+,40+,41+,42+,43+,44?,45+,46+,47+,48+,49+;;;;;;;;;;;;;;;;;;;;;;;/m0......................./s1. The third-order valence-electron chi connectivity index (χ3n) is 15.2. The molecule has 0 saturated carbocycles. The van der Waals surface area contributed by atoms with Gasteiger partial charge in [-0.2, -0.15) is 64.8 Å². The summed E-state index contributed by atoms with van der Waals surface area (Å²) in [6, 6.07) is -6.71. The number of rotatable bonds is 26. The van der Waals surface area contributed by atoms with Gasteiger partial charge in [0.05, 0.1) is 56.9 Å². The van der Waals surface area contributed by atoms with Crippen LogP contribution in [0.15, 0.2) is 0 Å². The Morgan fingerprint density at radius 2 is 0.538 bits per heavy atom. The van der Waals surface area contributed by atoms with Gasteiger partial charge in [-0.1, -0.05) is 42.5 Å². The van der Waals surface area contributed by atoms with Crippen LogP contribution in [0.25, 0.3) is 22.9 Å². The number of hydrogen-bond donors (Lipinski definition) is 17. The quantitative estimate of drug-likeness (QED) is 0.0126. The molecule has 0 radical (unpaired) electrons. The Hall–Kier alpha value is 6.12. The van der Waals surface area contributed by atoms with Crippen molar-refractivity contribution >= 4 is 109 Å². The third-order valence-corrected chi connectivity index (χ3v) is 15.7. The van der Waals surface area contributed by atoms with E-state index in [0.717, 1.165) is 45.7 Å². The van der Waals surface area contributed by atoms with Crippen LogP contribution in [0, 0.1) is 45.7 Å². The number of unbranched alkanes of at least 4 members (excludes halogenated alkanes) is 2. The maximum Gasteiger partial charge on any atom is 1.00 e. The smallest absolute Gasteiger partial charge is 0.726 e. The molecule has 8 heterocycles. The average molecular weight is 2360 g/mol. The first-order valence-electron chi connectivity index (χ1n) is 33.6. The molecule has 8 aliphatic rings. The van der Waals surface area contributed by atoms with Crippen LogP contribution in [0.1, 0.15) is 19.3 Å². The molecule has 0 bridgehead atoms. The molecule has 0 aromatic heterocycles. The van der Waals surface area contributed by atoms with Gasteiger partial charge in [0.1, 0.15) is 80.1 Å². The van der Waals surface area contributed by atoms with Gasteiger partial charge in [-0.25, -0.2) is 52.9 Å². The van der Waals surface area contributed by atoms with Gasteiger partial charge in [-0.3, -0.25) is 17.8 Å². The first-order valence-corrected chi connectivity index (χ1v) is 43.1. The average Bonchev–Trinajstić information content (AvgIpc) is 0.787. The summed E-state index contributed by atoms with van der Waals surface area (Å²) in [7, 11) is -32.6. The molecule has 8 saturated heterocycles. The van der Waals surface area contributed by atoms with Gasteiger partial charge in [0.25, 0.3) is 0 Å². The van der Waals surface area contributed by atoms with Gasteiger partial charge < -0.3 is 189 Å². The minimum Gasteiger partial charge on any atom is -0.726 e. The molecule has 770 valence electrons. The number of nitrogens with two attached hydrogens (primary N) is 1. The van der Waals surface area contributed by atoms with Crippen LogP contribution < -0.4 is 360 Å². The molecule has 8 aliphatic heterocycles. The molecular formula is C53H80N5Na12O65S8-3. The molecule has 0 aromatic carbocycles. The fourth-order valence-corrected chi connectivity index (χ4v) is 10.8. The van der Waals surface area contributed by atoms with E-state index >= 15 is 0 Å². The van der Waals surface area contributed by atoms with Crippen molar-refractivity contribution < 1.29 is 655 Å². The summed E-state index contributed by atoms with van der Waals surface area (Å²) in [4.78, 5) is 65.0. The summed E-state index contributed by atoms with van der Waals surface area (Å²) >= 11 is 0. The molecule has 143 heavy (non-hydrogen) atoms. The number of ether oxygens (including phenoxy) is 16. The van der Waals surface area contributed by atoms with Crippen LogP contribution in [-0.2, 0) is 202 Å². The topological polar surface area (TPSA) is 1170 Å². The Morgan fingerprint density at radius 3 is 0.755 bits per heavy atom. The van der Waals surface area contributed by atoms with Crippen molar-refractivity contribution in [2.24, 2.45) is 5.73 Å². The molecule has 70 nitrogen and oxygen atoms in total. The molecule has 90 heteroatoms. The van der Waals surface area contributed by atoms with Crippen molar-refractivity contribution in [1.82, 2.24) is 0 Å². The zero-order valence-electron chi connectivity index (χ0n) is 76.5. The van der Waals surface area contributed by atoms with Gasteiger partial charge in [-0.15, -0.1) is 50.5 Å². The van der Waals surface area contributed by atoms with E-state index in [9.17, 15) is 79.4 Å². The number of aliphatic hydroxyl groups is 13. The minimum atomic E-state index is -5.43. The Morgan fingerprint density at radius 1 is 0.322 bits per heavy atom. The monoisotopic (exact) mass is 2360 g/mol. The molecule has 9 unspecified atom stereocenters. The maximum absolute atomic E-state index is 11.6. The number of hydrogen-bond acceptors (Lipinski definition) is 63. The first kappa shape index (κ1) is 185. The van der Waals surface area contributed by atoms with E-state index in [2.05, 4.69) is 4.18 Å². The third kappa shape index (κ3) is 87.5. The molecule has 0 amide bonds. The van der Waals surface area contributed by atoms with E-state index in [0.29, 0.717) is 25.8 Å². The van der Waals surface area contributed by atoms with Gasteiger partial charge in [0.15, 0.2) is 6.29 Å². The van der Waals surface area contributed by atoms with E-state index in [1.165, 1.54) is 0 Å². The Labute approximate surface area is 1080 Å². The molecule has 8 rings (SSSR count). The van der Waals surface area contributed by atoms with Crippen LogP contribution in [0.5, 0.6) is 0 Å². The van der Waals surface area contributed by atoms with E-state index in [1.54, 1.807) is 0 Å². The predicted octanol–water partition coefficient (Wildman–Crippen LogP) is -53.1. The van der Waals surface area contributed by atoms with Crippen LogP contribution in [-0.4, -0.2) is 449 Å². The van der Waals surface area contributed by atoms with Gasteiger partial charge in [0.2, 0.25) is 41.6 Å². The van der Waals surface area contributed by atoms with E-state index in [1.807, 2.05) is 0 Å². The predicted molar refractivity (Wildman–Crippen MR) is 372 cm³/mol. The van der Waals surface area contributed by atoms with Gasteiger partial charge in [0, 0.05) is 25.5 Å². The van der Waals surface area contributed by atoms with Crippen LogP contribution in [0.3, 0.4) is 0 Å². The molecule has 33 atom stereocenters. The second kappa shape index (κ2) is 101. The largest absolute Gasteiger partial charge is 1.00 e. The summed E-state index contributed by atoms with van der Waals surface area (Å²) < 4.78 is 329. The second-order valence-electron chi connectivity index (χ2n) is 23.9. The first-order chi connectivity index (χ1) is 60.5. The summed E-state index contributed by atoms with van der Waals surface area (Å²) in [5, 5.41) is 138.